The van der Waals surface area contributed by atoms with Crippen LogP contribution in [0.15, 0.2) is 35.5 Å². The number of carbonyl (C=O) groups is 1. The number of benzene rings is 1. The Kier molecular flexibility index (Phi) is 6.21. The van der Waals surface area contributed by atoms with Crippen LogP contribution in [0.2, 0.25) is 5.15 Å². The van der Waals surface area contributed by atoms with Crippen LogP contribution in [0.1, 0.15) is 29.9 Å². The van der Waals surface area contributed by atoms with E-state index in [1.165, 1.54) is 32.2 Å². The Morgan fingerprint density at radius 3 is 2.63 bits per heavy atom. The number of rotatable bonds is 7. The molecule has 148 valence electrons. The van der Waals surface area contributed by atoms with Gasteiger partial charge < -0.3 is 9.30 Å². The molecule has 0 aliphatic heterocycles. The van der Waals surface area contributed by atoms with Crippen molar-refractivity contribution in [2.45, 2.75) is 30.5 Å². The average molecular weight is 425 g/mol. The van der Waals surface area contributed by atoms with Gasteiger partial charge in [0.25, 0.3) is 0 Å². The Labute approximate surface area is 158 Å². The van der Waals surface area contributed by atoms with Gasteiger partial charge in [0.2, 0.25) is 0 Å². The largest absolute Gasteiger partial charge is 0.497 e. The number of halogens is 4. The van der Waals surface area contributed by atoms with Gasteiger partial charge in [-0.3, -0.25) is 4.79 Å². The van der Waals surface area contributed by atoms with Crippen LogP contribution in [0.5, 0.6) is 5.75 Å². The zero-order chi connectivity index (χ0) is 20.4. The lowest BCUT2D eigenvalue weighted by molar-refractivity contribution is -0.141. The monoisotopic (exact) mass is 424 g/mol. The van der Waals surface area contributed by atoms with E-state index in [9.17, 15) is 26.4 Å². The zero-order valence-corrected chi connectivity index (χ0v) is 15.9. The van der Waals surface area contributed by atoms with Crippen LogP contribution in [0, 0.1) is 0 Å². The molecule has 11 heteroatoms. The fourth-order valence-electron chi connectivity index (χ4n) is 2.39. The molecule has 1 aromatic carbocycles. The SMILES string of the molecule is COc1cccc(S(=O)(=O)CC(=O)c2ncn(C(C)CC(F)(F)F)c2Cl)c1. The first-order chi connectivity index (χ1) is 12.4. The number of ether oxygens (including phenoxy) is 1. The first kappa shape index (κ1) is 21.2. The molecular weight excluding hydrogens is 409 g/mol. The summed E-state index contributed by atoms with van der Waals surface area (Å²) in [4.78, 5) is 15.9. The van der Waals surface area contributed by atoms with Crippen molar-refractivity contribution < 1.29 is 31.1 Å². The molecule has 2 aromatic rings. The van der Waals surface area contributed by atoms with E-state index in [-0.39, 0.29) is 10.0 Å². The molecule has 2 rings (SSSR count). The smallest absolute Gasteiger partial charge is 0.391 e. The van der Waals surface area contributed by atoms with Crippen LogP contribution in [0.25, 0.3) is 0 Å². The molecule has 0 bridgehead atoms. The van der Waals surface area contributed by atoms with E-state index in [1.807, 2.05) is 0 Å². The van der Waals surface area contributed by atoms with Gasteiger partial charge in [-0.15, -0.1) is 0 Å². The number of nitrogens with zero attached hydrogens (tertiary/aromatic N) is 2. The quantitative estimate of drug-likeness (QED) is 0.633. The van der Waals surface area contributed by atoms with Crippen molar-refractivity contribution >= 4 is 27.2 Å². The third-order valence-corrected chi connectivity index (χ3v) is 5.71. The van der Waals surface area contributed by atoms with E-state index >= 15 is 0 Å². The topological polar surface area (TPSA) is 78.3 Å². The molecule has 0 fully saturated rings. The van der Waals surface area contributed by atoms with Gasteiger partial charge in [-0.1, -0.05) is 17.7 Å². The van der Waals surface area contributed by atoms with Gasteiger partial charge in [-0.05, 0) is 25.1 Å². The van der Waals surface area contributed by atoms with Crippen LogP contribution >= 0.6 is 11.6 Å². The van der Waals surface area contributed by atoms with Gasteiger partial charge in [0.05, 0.1) is 24.8 Å². The van der Waals surface area contributed by atoms with Crippen LogP contribution in [0.4, 0.5) is 13.2 Å². The van der Waals surface area contributed by atoms with Crippen molar-refractivity contribution in [2.75, 3.05) is 12.9 Å². The first-order valence-electron chi connectivity index (χ1n) is 7.63. The van der Waals surface area contributed by atoms with E-state index in [0.717, 1.165) is 10.9 Å². The number of hydrogen-bond donors (Lipinski definition) is 0. The van der Waals surface area contributed by atoms with Crippen molar-refractivity contribution in [1.82, 2.24) is 9.55 Å². The highest BCUT2D eigenvalue weighted by Crippen LogP contribution is 2.30. The third-order valence-electron chi connectivity index (χ3n) is 3.72. The number of methoxy groups -OCH3 is 1. The number of alkyl halides is 3. The van der Waals surface area contributed by atoms with Crippen molar-refractivity contribution in [3.05, 3.63) is 41.4 Å². The van der Waals surface area contributed by atoms with E-state index in [4.69, 9.17) is 16.3 Å². The summed E-state index contributed by atoms with van der Waals surface area (Å²) in [7, 11) is -2.65. The van der Waals surface area contributed by atoms with Gasteiger partial charge in [-0.2, -0.15) is 13.2 Å². The van der Waals surface area contributed by atoms with Gasteiger partial charge in [0.15, 0.2) is 15.6 Å². The molecule has 0 aliphatic carbocycles. The maximum absolute atomic E-state index is 12.5. The minimum Gasteiger partial charge on any atom is -0.497 e. The summed E-state index contributed by atoms with van der Waals surface area (Å²) in [6.07, 6.45) is -4.60. The average Bonchev–Trinajstić information content (AvgIpc) is 2.95. The van der Waals surface area contributed by atoms with E-state index < -0.39 is 45.7 Å². The second-order valence-corrected chi connectivity index (χ2v) is 8.17. The number of aromatic nitrogens is 2. The molecule has 1 atom stereocenters. The summed E-state index contributed by atoms with van der Waals surface area (Å²) in [6, 6.07) is 4.46. The number of imidazole rings is 1. The summed E-state index contributed by atoms with van der Waals surface area (Å²) in [5.74, 6) is -1.54. The zero-order valence-electron chi connectivity index (χ0n) is 14.3. The fourth-order valence-corrected chi connectivity index (χ4v) is 3.99. The lowest BCUT2D eigenvalue weighted by Crippen LogP contribution is -2.18. The van der Waals surface area contributed by atoms with Crippen LogP contribution in [0.3, 0.4) is 0 Å². The summed E-state index contributed by atoms with van der Waals surface area (Å²) in [5.41, 5.74) is -0.392. The van der Waals surface area contributed by atoms with Gasteiger partial charge >= 0.3 is 6.18 Å². The predicted octanol–water partition coefficient (Wildman–Crippen LogP) is 3.72. The predicted molar refractivity (Wildman–Crippen MR) is 92.0 cm³/mol. The second kappa shape index (κ2) is 7.89. The van der Waals surface area contributed by atoms with Crippen LogP contribution < -0.4 is 4.74 Å². The number of hydrogen-bond acceptors (Lipinski definition) is 5. The number of carbonyl (C=O) groups excluding carboxylic acids is 1. The molecule has 0 aliphatic rings. The van der Waals surface area contributed by atoms with E-state index in [2.05, 4.69) is 4.98 Å². The molecule has 0 radical (unpaired) electrons. The molecule has 0 N–H and O–H groups in total. The Morgan fingerprint density at radius 1 is 1.37 bits per heavy atom. The Hall–Kier alpha value is -2.07. The maximum atomic E-state index is 12.5. The lowest BCUT2D eigenvalue weighted by atomic mass is 10.2. The minimum atomic E-state index is -4.42. The van der Waals surface area contributed by atoms with Crippen LogP contribution in [-0.2, 0) is 9.84 Å². The van der Waals surface area contributed by atoms with E-state index in [0.29, 0.717) is 5.75 Å². The highest BCUT2D eigenvalue weighted by atomic mass is 35.5. The van der Waals surface area contributed by atoms with Gasteiger partial charge in [0, 0.05) is 6.04 Å². The highest BCUT2D eigenvalue weighted by molar-refractivity contribution is 7.92. The normalized spacial score (nSPS) is 13.4. The van der Waals surface area contributed by atoms with Crippen molar-refractivity contribution in [3.63, 3.8) is 0 Å². The molecule has 1 heterocycles. The van der Waals surface area contributed by atoms with Crippen LogP contribution in [-0.4, -0.2) is 42.8 Å². The minimum absolute atomic E-state index is 0.129. The Bertz CT molecular complexity index is 941. The first-order valence-corrected chi connectivity index (χ1v) is 9.66. The third kappa shape index (κ3) is 5.23. The van der Waals surface area contributed by atoms with Crippen molar-refractivity contribution in [3.8, 4) is 5.75 Å². The van der Waals surface area contributed by atoms with Crippen molar-refractivity contribution in [1.29, 1.82) is 0 Å². The molecule has 1 aromatic heterocycles. The second-order valence-electron chi connectivity index (χ2n) is 5.82. The lowest BCUT2D eigenvalue weighted by Gasteiger charge is -2.16. The summed E-state index contributed by atoms with van der Waals surface area (Å²) in [5, 5.41) is -0.336. The summed E-state index contributed by atoms with van der Waals surface area (Å²) >= 11 is 5.96. The highest BCUT2D eigenvalue weighted by Gasteiger charge is 2.32. The molecule has 6 nitrogen and oxygen atoms in total. The molecule has 1 unspecified atom stereocenters. The van der Waals surface area contributed by atoms with Gasteiger partial charge in [-0.25, -0.2) is 13.4 Å². The molecule has 27 heavy (non-hydrogen) atoms. The molecule has 0 spiro atoms. The maximum Gasteiger partial charge on any atom is 0.391 e. The molecular formula is C16H16ClF3N2O4S. The fraction of sp³-hybridized carbons (Fsp3) is 0.375. The number of ketones is 1. The molecule has 0 saturated heterocycles. The standard InChI is InChI=1S/C16H16ClF3N2O4S/c1-10(7-16(18,19)20)22-9-21-14(15(22)17)13(23)8-27(24,25)12-5-3-4-11(6-12)26-2/h3-6,9-10H,7-8H2,1-2H3. The van der Waals surface area contributed by atoms with Gasteiger partial charge in [0.1, 0.15) is 22.3 Å². The molecule has 0 saturated carbocycles. The Balaban J connectivity index is 2.23. The van der Waals surface area contributed by atoms with E-state index in [1.54, 1.807) is 6.07 Å². The number of Topliss-reactive ketones (excluding diaryl/α,β-unsaturated/α-hetero) is 1. The summed E-state index contributed by atoms with van der Waals surface area (Å²) in [6.45, 7) is 1.27. The summed E-state index contributed by atoms with van der Waals surface area (Å²) < 4.78 is 68.4. The molecule has 0 amide bonds. The Morgan fingerprint density at radius 2 is 2.04 bits per heavy atom. The number of sulfone groups is 1. The van der Waals surface area contributed by atoms with Crippen molar-refractivity contribution in [2.24, 2.45) is 0 Å².